The normalized spacial score (nSPS) is 10.0. The van der Waals surface area contributed by atoms with Crippen molar-refractivity contribution in [1.29, 1.82) is 0 Å². The largest absolute Gasteiger partial charge is 0.493 e. The maximum Gasteiger partial charge on any atom is 0.227 e. The number of hydrogen-bond donors (Lipinski definition) is 1. The van der Waals surface area contributed by atoms with E-state index in [4.69, 9.17) is 25.8 Å². The van der Waals surface area contributed by atoms with Crippen LogP contribution < -0.4 is 19.5 Å². The lowest BCUT2D eigenvalue weighted by molar-refractivity contribution is -0.116. The smallest absolute Gasteiger partial charge is 0.227 e. The molecule has 0 fully saturated rings. The predicted octanol–water partition coefficient (Wildman–Crippen LogP) is 3.76. The molecule has 122 valence electrons. The molecule has 0 saturated carbocycles. The zero-order valence-electron chi connectivity index (χ0n) is 13.0. The number of rotatable bonds is 7. The van der Waals surface area contributed by atoms with E-state index in [1.807, 2.05) is 12.1 Å². The average molecular weight is 336 g/mol. The number of methoxy groups -OCH3 is 2. The Balaban J connectivity index is 1.86. The molecule has 0 aliphatic carbocycles. The van der Waals surface area contributed by atoms with E-state index in [9.17, 15) is 4.79 Å². The van der Waals surface area contributed by atoms with Crippen molar-refractivity contribution in [2.24, 2.45) is 0 Å². The van der Waals surface area contributed by atoms with Crippen molar-refractivity contribution in [3.63, 3.8) is 0 Å². The Hall–Kier alpha value is -2.40. The Morgan fingerprint density at radius 2 is 1.78 bits per heavy atom. The lowest BCUT2D eigenvalue weighted by Crippen LogP contribution is -2.15. The molecule has 0 unspecified atom stereocenters. The maximum atomic E-state index is 11.9. The number of hydrogen-bond acceptors (Lipinski definition) is 4. The third-order valence-electron chi connectivity index (χ3n) is 3.09. The highest BCUT2D eigenvalue weighted by atomic mass is 35.5. The summed E-state index contributed by atoms with van der Waals surface area (Å²) in [5.74, 6) is 1.56. The third kappa shape index (κ3) is 4.79. The molecule has 0 heterocycles. The Morgan fingerprint density at radius 1 is 1.04 bits per heavy atom. The molecule has 0 aliphatic rings. The van der Waals surface area contributed by atoms with Crippen molar-refractivity contribution in [3.8, 4) is 17.2 Å². The van der Waals surface area contributed by atoms with Gasteiger partial charge in [-0.3, -0.25) is 4.79 Å². The SMILES string of the molecule is COc1ccc(NC(=O)CCOc2ccccc2Cl)cc1OC. The van der Waals surface area contributed by atoms with E-state index in [1.54, 1.807) is 44.6 Å². The monoisotopic (exact) mass is 335 g/mol. The fourth-order valence-corrected chi connectivity index (χ4v) is 2.14. The fourth-order valence-electron chi connectivity index (χ4n) is 1.95. The van der Waals surface area contributed by atoms with Gasteiger partial charge >= 0.3 is 0 Å². The first kappa shape index (κ1) is 17.0. The minimum absolute atomic E-state index is 0.163. The Morgan fingerprint density at radius 3 is 2.48 bits per heavy atom. The molecule has 0 spiro atoms. The Bertz CT molecular complexity index is 675. The quantitative estimate of drug-likeness (QED) is 0.837. The molecule has 0 aromatic heterocycles. The molecular formula is C17H18ClNO4. The number of anilines is 1. The molecule has 23 heavy (non-hydrogen) atoms. The zero-order chi connectivity index (χ0) is 16.7. The molecule has 2 aromatic carbocycles. The Kier molecular flexibility index (Phi) is 6.11. The van der Waals surface area contributed by atoms with Crippen LogP contribution in [0.4, 0.5) is 5.69 Å². The van der Waals surface area contributed by atoms with E-state index in [1.165, 1.54) is 0 Å². The van der Waals surface area contributed by atoms with Crippen molar-refractivity contribution in [2.75, 3.05) is 26.1 Å². The number of carbonyl (C=O) groups excluding carboxylic acids is 1. The number of carbonyl (C=O) groups is 1. The second-order valence-corrected chi connectivity index (χ2v) is 5.05. The van der Waals surface area contributed by atoms with Crippen LogP contribution in [-0.2, 0) is 4.79 Å². The molecule has 5 nitrogen and oxygen atoms in total. The van der Waals surface area contributed by atoms with Crippen LogP contribution in [0.3, 0.4) is 0 Å². The molecule has 0 atom stereocenters. The standard InChI is InChI=1S/C17H18ClNO4/c1-21-15-8-7-12(11-16(15)22-2)19-17(20)9-10-23-14-6-4-3-5-13(14)18/h3-8,11H,9-10H2,1-2H3,(H,19,20). The van der Waals surface area contributed by atoms with E-state index in [2.05, 4.69) is 5.32 Å². The second-order valence-electron chi connectivity index (χ2n) is 4.65. The molecule has 6 heteroatoms. The average Bonchev–Trinajstić information content (AvgIpc) is 2.56. The topological polar surface area (TPSA) is 56.8 Å². The third-order valence-corrected chi connectivity index (χ3v) is 3.40. The van der Waals surface area contributed by atoms with Crippen molar-refractivity contribution in [3.05, 3.63) is 47.5 Å². The summed E-state index contributed by atoms with van der Waals surface area (Å²) < 4.78 is 15.8. The van der Waals surface area contributed by atoms with Gasteiger partial charge in [0, 0.05) is 11.8 Å². The summed E-state index contributed by atoms with van der Waals surface area (Å²) in [6.45, 7) is 0.239. The molecule has 0 aliphatic heterocycles. The molecule has 2 aromatic rings. The van der Waals surface area contributed by atoms with Crippen molar-refractivity contribution in [1.82, 2.24) is 0 Å². The van der Waals surface area contributed by atoms with Gasteiger partial charge in [0.2, 0.25) is 5.91 Å². The highest BCUT2D eigenvalue weighted by molar-refractivity contribution is 6.32. The number of halogens is 1. The summed E-state index contributed by atoms with van der Waals surface area (Å²) in [6.07, 6.45) is 0.208. The molecule has 0 saturated heterocycles. The van der Waals surface area contributed by atoms with Crippen LogP contribution in [0, 0.1) is 0 Å². The van der Waals surface area contributed by atoms with Crippen molar-refractivity contribution >= 4 is 23.2 Å². The fraction of sp³-hybridized carbons (Fsp3) is 0.235. The summed E-state index contributed by atoms with van der Waals surface area (Å²) >= 11 is 5.98. The van der Waals surface area contributed by atoms with Gasteiger partial charge in [-0.1, -0.05) is 23.7 Å². The number of nitrogens with one attached hydrogen (secondary N) is 1. The van der Waals surface area contributed by atoms with Crippen LogP contribution >= 0.6 is 11.6 Å². The van der Waals surface area contributed by atoms with Crippen LogP contribution in [0.2, 0.25) is 5.02 Å². The lowest BCUT2D eigenvalue weighted by atomic mass is 10.2. The van der Waals surface area contributed by atoms with Gasteiger partial charge in [0.1, 0.15) is 5.75 Å². The second kappa shape index (κ2) is 8.29. The van der Waals surface area contributed by atoms with Crippen molar-refractivity contribution < 1.29 is 19.0 Å². The molecule has 1 N–H and O–H groups in total. The molecular weight excluding hydrogens is 318 g/mol. The van der Waals surface area contributed by atoms with Gasteiger partial charge in [-0.25, -0.2) is 0 Å². The number of ether oxygens (including phenoxy) is 3. The van der Waals surface area contributed by atoms with Gasteiger partial charge in [-0.15, -0.1) is 0 Å². The van der Waals surface area contributed by atoms with Gasteiger partial charge in [0.25, 0.3) is 0 Å². The summed E-state index contributed by atoms with van der Waals surface area (Å²) in [6, 6.07) is 12.3. The van der Waals surface area contributed by atoms with Gasteiger partial charge in [-0.2, -0.15) is 0 Å². The molecule has 0 radical (unpaired) electrons. The van der Waals surface area contributed by atoms with Crippen LogP contribution in [0.1, 0.15) is 6.42 Å². The first-order valence-corrected chi connectivity index (χ1v) is 7.41. The zero-order valence-corrected chi connectivity index (χ0v) is 13.7. The van der Waals surface area contributed by atoms with E-state index >= 15 is 0 Å². The summed E-state index contributed by atoms with van der Waals surface area (Å²) in [4.78, 5) is 11.9. The van der Waals surface area contributed by atoms with E-state index in [0.717, 1.165) is 0 Å². The summed E-state index contributed by atoms with van der Waals surface area (Å²) in [5.41, 5.74) is 0.630. The summed E-state index contributed by atoms with van der Waals surface area (Å²) in [5, 5.41) is 3.30. The van der Waals surface area contributed by atoms with Crippen LogP contribution in [0.15, 0.2) is 42.5 Å². The van der Waals surface area contributed by atoms with Crippen LogP contribution in [0.5, 0.6) is 17.2 Å². The minimum Gasteiger partial charge on any atom is -0.493 e. The van der Waals surface area contributed by atoms with Gasteiger partial charge < -0.3 is 19.5 Å². The van der Waals surface area contributed by atoms with Gasteiger partial charge in [0.05, 0.1) is 32.3 Å². The van der Waals surface area contributed by atoms with E-state index in [-0.39, 0.29) is 18.9 Å². The molecule has 1 amide bonds. The van der Waals surface area contributed by atoms with E-state index in [0.29, 0.717) is 28.0 Å². The predicted molar refractivity (Wildman–Crippen MR) is 89.7 cm³/mol. The maximum absolute atomic E-state index is 11.9. The molecule has 0 bridgehead atoms. The van der Waals surface area contributed by atoms with E-state index < -0.39 is 0 Å². The van der Waals surface area contributed by atoms with Crippen molar-refractivity contribution in [2.45, 2.75) is 6.42 Å². The summed E-state index contributed by atoms with van der Waals surface area (Å²) in [7, 11) is 3.10. The first-order valence-electron chi connectivity index (χ1n) is 7.03. The minimum atomic E-state index is -0.163. The highest BCUT2D eigenvalue weighted by Crippen LogP contribution is 2.29. The molecule has 2 rings (SSSR count). The van der Waals surface area contributed by atoms with Crippen LogP contribution in [-0.4, -0.2) is 26.7 Å². The van der Waals surface area contributed by atoms with Gasteiger partial charge in [-0.05, 0) is 24.3 Å². The Labute approximate surface area is 140 Å². The first-order chi connectivity index (χ1) is 11.1. The highest BCUT2D eigenvalue weighted by Gasteiger charge is 2.08. The number of para-hydroxylation sites is 1. The number of benzene rings is 2. The van der Waals surface area contributed by atoms with Crippen LogP contribution in [0.25, 0.3) is 0 Å². The number of amides is 1. The van der Waals surface area contributed by atoms with Gasteiger partial charge in [0.15, 0.2) is 11.5 Å². The lowest BCUT2D eigenvalue weighted by Gasteiger charge is -2.11.